The first-order valence-corrected chi connectivity index (χ1v) is 24.1. The number of fused-ring (bicyclic) bond motifs is 12. The van der Waals surface area contributed by atoms with Crippen molar-refractivity contribution in [3.63, 3.8) is 0 Å². The van der Waals surface area contributed by atoms with E-state index < -0.39 is 0 Å². The van der Waals surface area contributed by atoms with E-state index in [0.717, 1.165) is 82.6 Å². The molecule has 3 aromatic heterocycles. The fourth-order valence-corrected chi connectivity index (χ4v) is 11.5. The average Bonchev–Trinajstić information content (AvgIpc) is 4.10. The number of aromatic nitrogens is 1. The van der Waals surface area contributed by atoms with Crippen molar-refractivity contribution in [1.29, 1.82) is 5.41 Å². The van der Waals surface area contributed by atoms with E-state index >= 15 is 0 Å². The van der Waals surface area contributed by atoms with Crippen LogP contribution < -0.4 is 0 Å². The quantitative estimate of drug-likeness (QED) is 0.0921. The van der Waals surface area contributed by atoms with Crippen LogP contribution in [0.2, 0.25) is 0 Å². The normalized spacial score (nSPS) is 12.0. The minimum absolute atomic E-state index is 0.491. The molecule has 3 heterocycles. The third-order valence-electron chi connectivity index (χ3n) is 13.5. The Morgan fingerprint density at radius 3 is 1.97 bits per heavy atom. The van der Waals surface area contributed by atoms with E-state index in [-0.39, 0.29) is 0 Å². The fourth-order valence-electron chi connectivity index (χ4n) is 10.4. The number of hydrogen-bond acceptors (Lipinski definition) is 4. The summed E-state index contributed by atoms with van der Waals surface area (Å²) < 4.78 is 11.5. The van der Waals surface area contributed by atoms with Crippen molar-refractivity contribution in [1.82, 2.24) is 4.57 Å². The van der Waals surface area contributed by atoms with Crippen LogP contribution in [-0.2, 0) is 6.54 Å². The van der Waals surface area contributed by atoms with Crippen molar-refractivity contribution in [2.75, 3.05) is 0 Å². The van der Waals surface area contributed by atoms with Gasteiger partial charge >= 0.3 is 0 Å². The van der Waals surface area contributed by atoms with E-state index in [2.05, 4.69) is 200 Å². The van der Waals surface area contributed by atoms with E-state index in [9.17, 15) is 0 Å². The summed E-state index contributed by atoms with van der Waals surface area (Å²) in [7, 11) is 0. The summed E-state index contributed by atoms with van der Waals surface area (Å²) in [5, 5.41) is 17.1. The van der Waals surface area contributed by atoms with Gasteiger partial charge in [-0.3, -0.25) is 4.99 Å². The Balaban J connectivity index is 0.00000249. The minimum atomic E-state index is 0.491. The Bertz CT molecular complexity index is 4250. The second-order valence-corrected chi connectivity index (χ2v) is 18.4. The number of furan rings is 1. The first-order chi connectivity index (χ1) is 34.6. The lowest BCUT2D eigenvalue weighted by Crippen LogP contribution is -2.01. The largest absolute Gasteiger partial charge is 0.456 e. The number of para-hydroxylation sites is 2. The monoisotopic (exact) mass is 916 g/mol. The molecule has 5 nitrogen and oxygen atoms in total. The van der Waals surface area contributed by atoms with Crippen LogP contribution in [0.5, 0.6) is 0 Å². The zero-order valence-corrected chi connectivity index (χ0v) is 39.0. The van der Waals surface area contributed by atoms with E-state index in [4.69, 9.17) is 19.8 Å². The molecule has 0 unspecified atom stereocenters. The predicted molar refractivity (Wildman–Crippen MR) is 302 cm³/mol. The zero-order chi connectivity index (χ0) is 47.3. The van der Waals surface area contributed by atoms with Crippen LogP contribution in [0.3, 0.4) is 0 Å². The lowest BCUT2D eigenvalue weighted by atomic mass is 9.90. The molecule has 0 aliphatic carbocycles. The molecule has 10 aromatic carbocycles. The molecule has 0 saturated carbocycles. The number of nitrogens with one attached hydrogen (secondary N) is 1. The molecule has 0 radical (unpaired) electrons. The van der Waals surface area contributed by atoms with Gasteiger partial charge in [0.1, 0.15) is 11.2 Å². The summed E-state index contributed by atoms with van der Waals surface area (Å²) in [6.45, 7) is 11.3. The number of hydrogen-bond donors (Lipinski definition) is 1. The van der Waals surface area contributed by atoms with Crippen molar-refractivity contribution >= 4 is 128 Å². The highest BCUT2D eigenvalue weighted by Gasteiger charge is 2.18. The molecule has 0 fully saturated rings. The third kappa shape index (κ3) is 6.96. The van der Waals surface area contributed by atoms with Crippen LogP contribution in [0.25, 0.3) is 114 Å². The topological polar surface area (TPSA) is 66.6 Å². The van der Waals surface area contributed by atoms with E-state index in [1.807, 2.05) is 47.9 Å². The third-order valence-corrected chi connectivity index (χ3v) is 14.6. The maximum atomic E-state index is 6.57. The molecule has 1 N–H and O–H groups in total. The molecule has 6 heteroatoms. The molecule has 0 amide bonds. The minimum Gasteiger partial charge on any atom is -0.456 e. The van der Waals surface area contributed by atoms with Gasteiger partial charge in [0.25, 0.3) is 0 Å². The maximum absolute atomic E-state index is 6.57. The van der Waals surface area contributed by atoms with Crippen LogP contribution in [0.4, 0.5) is 0 Å². The van der Waals surface area contributed by atoms with Gasteiger partial charge in [-0.15, -0.1) is 11.3 Å². The molecular weight excluding hydrogens is 873 g/mol. The lowest BCUT2D eigenvalue weighted by Gasteiger charge is -2.14. The van der Waals surface area contributed by atoms with Crippen LogP contribution in [0.15, 0.2) is 222 Å². The van der Waals surface area contributed by atoms with Crippen molar-refractivity contribution in [3.05, 3.63) is 235 Å². The van der Waals surface area contributed by atoms with E-state index in [0.29, 0.717) is 12.4 Å². The van der Waals surface area contributed by atoms with E-state index in [1.54, 1.807) is 0 Å². The molecule has 13 aromatic rings. The maximum Gasteiger partial charge on any atom is 0.154 e. The number of rotatable bonds is 8. The Hall–Kier alpha value is -8.97. The second-order valence-electron chi connectivity index (χ2n) is 17.3. The first kappa shape index (κ1) is 42.4. The van der Waals surface area contributed by atoms with Gasteiger partial charge in [0, 0.05) is 64.7 Å². The van der Waals surface area contributed by atoms with Crippen LogP contribution in [0, 0.1) is 5.41 Å². The predicted octanol–water partition coefficient (Wildman–Crippen LogP) is 17.6. The molecule has 0 saturated heterocycles. The molecule has 0 aliphatic rings. The van der Waals surface area contributed by atoms with Gasteiger partial charge in [-0.1, -0.05) is 159 Å². The van der Waals surface area contributed by atoms with Crippen LogP contribution >= 0.6 is 11.3 Å². The summed E-state index contributed by atoms with van der Waals surface area (Å²) in [6.07, 6.45) is 5.82. The highest BCUT2D eigenvalue weighted by atomic mass is 32.1. The molecule has 0 aliphatic heterocycles. The van der Waals surface area contributed by atoms with Gasteiger partial charge < -0.3 is 14.4 Å². The molecule has 13 rings (SSSR count). The molecule has 0 spiro atoms. The Morgan fingerprint density at radius 2 is 1.21 bits per heavy atom. The van der Waals surface area contributed by atoms with Crippen LogP contribution in [-0.4, -0.2) is 23.3 Å². The Kier molecular flexibility index (Phi) is 10.7. The van der Waals surface area contributed by atoms with Crippen molar-refractivity contribution in [2.45, 2.75) is 6.54 Å². The first-order valence-electron chi connectivity index (χ1n) is 23.2. The van der Waals surface area contributed by atoms with Gasteiger partial charge in [-0.2, -0.15) is 0 Å². The lowest BCUT2D eigenvalue weighted by molar-refractivity contribution is 0.669. The molecule has 0 bridgehead atoms. The average molecular weight is 917 g/mol. The molecular formula is C64H44N4OS. The number of nitrogens with zero attached hydrogens (tertiary/aromatic N) is 3. The van der Waals surface area contributed by atoms with Crippen LogP contribution in [0.1, 0.15) is 27.8 Å². The summed E-state index contributed by atoms with van der Waals surface area (Å²) in [4.78, 5) is 10.4. The summed E-state index contributed by atoms with van der Waals surface area (Å²) in [6, 6.07) is 69.2. The van der Waals surface area contributed by atoms with Gasteiger partial charge in [-0.05, 0) is 117 Å². The SMILES string of the molecule is C=Cc1c(C=C)c2ccc(C(N=Cc3cccc4oc5ccc(-c6cccc7sc8ccc(-n9c%10ccccc%10c%10ccccc%109)cc8c67)cc5c34)=NCc3ccccc3)cc2c2ccccc12.C=N. The molecule has 70 heavy (non-hydrogen) atoms. The number of benzene rings is 10. The zero-order valence-electron chi connectivity index (χ0n) is 38.2. The molecule has 0 atom stereocenters. The van der Waals surface area contributed by atoms with Gasteiger partial charge in [0.2, 0.25) is 0 Å². The Labute approximate surface area is 408 Å². The Morgan fingerprint density at radius 1 is 0.529 bits per heavy atom. The van der Waals surface area contributed by atoms with Crippen molar-refractivity contribution in [2.24, 2.45) is 9.98 Å². The molecule has 332 valence electrons. The summed E-state index contributed by atoms with van der Waals surface area (Å²) in [5.41, 5.74) is 12.7. The smallest absolute Gasteiger partial charge is 0.154 e. The standard InChI is InChI=1S/C63H41N3OS.CH3N/c1-3-44-45(4-2)49-31-28-41(35-52(49)48-20-9-8-19-47(44)48)63(64-37-39-16-6-5-7-17-39)65-38-42-18-14-26-58-61(42)53-34-40(29-32-57(53)67-58)46-23-15-27-60-62(46)54-36-43(30-33-59(54)68-60)66-55-24-12-10-21-50(55)51-22-11-13-25-56(51)66;1-2/h3-36,38H,1-2,37H2;2H,1H2. The highest BCUT2D eigenvalue weighted by molar-refractivity contribution is 7.26. The second kappa shape index (κ2) is 17.6. The van der Waals surface area contributed by atoms with Gasteiger partial charge in [-0.25, -0.2) is 4.99 Å². The fraction of sp³-hybridized carbons (Fsp3) is 0.0156. The summed E-state index contributed by atoms with van der Waals surface area (Å²) in [5.74, 6) is 0.648. The van der Waals surface area contributed by atoms with E-state index in [1.165, 1.54) is 47.5 Å². The van der Waals surface area contributed by atoms with Gasteiger partial charge in [0.15, 0.2) is 5.84 Å². The number of aliphatic imine (C=N–C) groups is 2. The highest BCUT2D eigenvalue weighted by Crippen LogP contribution is 2.44. The van der Waals surface area contributed by atoms with Crippen molar-refractivity contribution < 1.29 is 4.42 Å². The number of amidine groups is 1. The van der Waals surface area contributed by atoms with Gasteiger partial charge in [0.05, 0.1) is 17.6 Å². The number of thiophene rings is 1. The van der Waals surface area contributed by atoms with Crippen molar-refractivity contribution in [3.8, 4) is 16.8 Å². The summed E-state index contributed by atoms with van der Waals surface area (Å²) >= 11 is 1.84.